The van der Waals surface area contributed by atoms with Gasteiger partial charge >= 0.3 is 0 Å². The second-order valence-electron chi connectivity index (χ2n) is 9.86. The Balaban J connectivity index is 1.74. The zero-order chi connectivity index (χ0) is 22.2. The van der Waals surface area contributed by atoms with Gasteiger partial charge in [0, 0.05) is 29.7 Å². The number of fused-ring (bicyclic) bond motifs is 4. The van der Waals surface area contributed by atoms with Crippen LogP contribution in [0.3, 0.4) is 0 Å². The van der Waals surface area contributed by atoms with Crippen molar-refractivity contribution in [2.75, 3.05) is 20.2 Å². The molecular formula is C25H34N4OS. The van der Waals surface area contributed by atoms with Crippen LogP contribution >= 0.6 is 12.2 Å². The van der Waals surface area contributed by atoms with Gasteiger partial charge in [0.1, 0.15) is 5.75 Å². The van der Waals surface area contributed by atoms with E-state index in [9.17, 15) is 0 Å². The Kier molecular flexibility index (Phi) is 6.22. The van der Waals surface area contributed by atoms with E-state index in [0.717, 1.165) is 36.2 Å². The molecule has 0 radical (unpaired) electrons. The van der Waals surface area contributed by atoms with E-state index in [4.69, 9.17) is 17.0 Å². The largest absolute Gasteiger partial charge is 0.497 e. The third-order valence-electron chi connectivity index (χ3n) is 6.63. The summed E-state index contributed by atoms with van der Waals surface area (Å²) in [5, 5.41) is 8.93. The lowest BCUT2D eigenvalue weighted by molar-refractivity contribution is 0.00424. The van der Waals surface area contributed by atoms with E-state index in [1.54, 1.807) is 7.11 Å². The second-order valence-corrected chi connectivity index (χ2v) is 10.3. The van der Waals surface area contributed by atoms with E-state index in [1.165, 1.54) is 12.0 Å². The summed E-state index contributed by atoms with van der Waals surface area (Å²) < 4.78 is 5.52. The van der Waals surface area contributed by atoms with Crippen molar-refractivity contribution in [1.29, 1.82) is 0 Å². The van der Waals surface area contributed by atoms with Crippen LogP contribution in [0.15, 0.2) is 43.1 Å². The number of hydrogen-bond donors (Lipinski definition) is 2. The smallest absolute Gasteiger partial charge is 0.167 e. The van der Waals surface area contributed by atoms with E-state index in [1.807, 2.05) is 18.3 Å². The molecule has 0 saturated carbocycles. The van der Waals surface area contributed by atoms with Crippen LogP contribution in [0, 0.1) is 11.8 Å². The number of rotatable bonds is 5. The average Bonchev–Trinajstić information content (AvgIpc) is 2.75. The molecule has 4 heterocycles. The Morgan fingerprint density at radius 1 is 1.35 bits per heavy atom. The van der Waals surface area contributed by atoms with Crippen molar-refractivity contribution >= 4 is 28.2 Å². The first-order valence-electron chi connectivity index (χ1n) is 11.2. The molecule has 1 unspecified atom stereocenters. The predicted octanol–water partition coefficient (Wildman–Crippen LogP) is 4.44. The number of ether oxygens (including phenoxy) is 1. The molecule has 0 spiro atoms. The summed E-state index contributed by atoms with van der Waals surface area (Å²) in [6.07, 6.45) is 6.44. The van der Waals surface area contributed by atoms with Gasteiger partial charge in [-0.3, -0.25) is 9.88 Å². The van der Waals surface area contributed by atoms with Crippen LogP contribution in [0.5, 0.6) is 5.75 Å². The molecule has 0 aliphatic carbocycles. The molecular weight excluding hydrogens is 404 g/mol. The lowest BCUT2D eigenvalue weighted by Crippen LogP contribution is -2.58. The maximum absolute atomic E-state index is 5.75. The molecule has 3 saturated heterocycles. The minimum Gasteiger partial charge on any atom is -0.497 e. The highest BCUT2D eigenvalue weighted by atomic mass is 32.1. The average molecular weight is 439 g/mol. The van der Waals surface area contributed by atoms with Crippen molar-refractivity contribution in [3.05, 3.63) is 48.7 Å². The van der Waals surface area contributed by atoms with Crippen molar-refractivity contribution in [1.82, 2.24) is 20.5 Å². The second kappa shape index (κ2) is 8.75. The summed E-state index contributed by atoms with van der Waals surface area (Å²) in [6.45, 7) is 12.7. The number of piperidine rings is 3. The molecule has 5 nitrogen and oxygen atoms in total. The van der Waals surface area contributed by atoms with Crippen LogP contribution in [0.2, 0.25) is 0 Å². The lowest BCUT2D eigenvalue weighted by atomic mass is 9.73. The van der Waals surface area contributed by atoms with E-state index >= 15 is 0 Å². The Morgan fingerprint density at radius 2 is 2.16 bits per heavy atom. The maximum Gasteiger partial charge on any atom is 0.167 e. The van der Waals surface area contributed by atoms with E-state index in [0.29, 0.717) is 23.0 Å². The van der Waals surface area contributed by atoms with Crippen molar-refractivity contribution in [2.45, 2.75) is 51.2 Å². The third kappa shape index (κ3) is 4.70. The first-order chi connectivity index (χ1) is 14.8. The Hall–Kier alpha value is -2.18. The van der Waals surface area contributed by atoms with Crippen molar-refractivity contribution in [2.24, 2.45) is 11.8 Å². The third-order valence-corrected chi connectivity index (χ3v) is 6.85. The van der Waals surface area contributed by atoms with Crippen molar-refractivity contribution < 1.29 is 4.74 Å². The molecule has 3 fully saturated rings. The number of nitrogens with zero attached hydrogens (tertiary/aromatic N) is 2. The number of aromatic nitrogens is 1. The molecule has 3 aliphatic heterocycles. The van der Waals surface area contributed by atoms with Gasteiger partial charge < -0.3 is 15.4 Å². The molecule has 5 rings (SSSR count). The first kappa shape index (κ1) is 22.0. The summed E-state index contributed by atoms with van der Waals surface area (Å²) in [5.74, 6) is 2.11. The van der Waals surface area contributed by atoms with E-state index < -0.39 is 0 Å². The number of nitrogens with one attached hydrogen (secondary N) is 2. The standard InChI is InChI=1S/C25H34N4OS/c1-6-16-15-29-12-10-17(16)13-22(29)23(27-24(31)28-25(2,3)4)19-9-11-26-21-8-7-18(30-5)14-20(19)21/h6-9,11,14,16-17,22-23H,1,10,12-13,15H2,2-5H3,(H2,27,28,31)/t16-,17-,22+,23+/m0/s1. The quantitative estimate of drug-likeness (QED) is 0.532. The molecule has 1 aromatic heterocycles. The van der Waals surface area contributed by atoms with Crippen LogP contribution in [-0.4, -0.2) is 46.8 Å². The van der Waals surface area contributed by atoms with Crippen molar-refractivity contribution in [3.63, 3.8) is 0 Å². The van der Waals surface area contributed by atoms with Gasteiger partial charge in [-0.1, -0.05) is 6.08 Å². The zero-order valence-corrected chi connectivity index (χ0v) is 19.8. The number of hydrogen-bond acceptors (Lipinski definition) is 4. The van der Waals surface area contributed by atoms with E-state index in [2.05, 4.69) is 66.1 Å². The van der Waals surface area contributed by atoms with Crippen LogP contribution < -0.4 is 15.4 Å². The molecule has 5 atom stereocenters. The molecule has 3 aliphatic rings. The maximum atomic E-state index is 5.75. The molecule has 2 bridgehead atoms. The molecule has 0 amide bonds. The monoisotopic (exact) mass is 438 g/mol. The summed E-state index contributed by atoms with van der Waals surface area (Å²) >= 11 is 5.75. The van der Waals surface area contributed by atoms with Crippen LogP contribution in [0.25, 0.3) is 10.9 Å². The highest BCUT2D eigenvalue weighted by Crippen LogP contribution is 2.42. The normalized spacial score (nSPS) is 26.3. The summed E-state index contributed by atoms with van der Waals surface area (Å²) in [7, 11) is 1.70. The van der Waals surface area contributed by atoms with Gasteiger partial charge in [-0.2, -0.15) is 0 Å². The molecule has 1 aromatic carbocycles. The van der Waals surface area contributed by atoms with Crippen LogP contribution in [0.4, 0.5) is 0 Å². The van der Waals surface area contributed by atoms with Gasteiger partial charge in [0.25, 0.3) is 0 Å². The highest BCUT2D eigenvalue weighted by Gasteiger charge is 2.43. The summed E-state index contributed by atoms with van der Waals surface area (Å²) in [5.41, 5.74) is 2.09. The molecule has 2 N–H and O–H groups in total. The first-order valence-corrected chi connectivity index (χ1v) is 11.6. The summed E-state index contributed by atoms with van der Waals surface area (Å²) in [4.78, 5) is 7.22. The Bertz CT molecular complexity index is 970. The SMILES string of the molecule is C=C[C@H]1CN2CC[C@H]1C[C@@H]2[C@H](NC(=S)NC(C)(C)C)c1ccnc2ccc(OC)cc12. The minimum atomic E-state index is -0.0992. The molecule has 6 heteroatoms. The lowest BCUT2D eigenvalue weighted by Gasteiger charge is -2.52. The minimum absolute atomic E-state index is 0.0634. The number of thiocarbonyl (C=S) groups is 1. The Morgan fingerprint density at radius 3 is 2.81 bits per heavy atom. The van der Waals surface area contributed by atoms with Gasteiger partial charge in [0.2, 0.25) is 0 Å². The highest BCUT2D eigenvalue weighted by molar-refractivity contribution is 7.80. The topological polar surface area (TPSA) is 49.4 Å². The fourth-order valence-corrected chi connectivity index (χ4v) is 5.60. The molecule has 2 aromatic rings. The van der Waals surface area contributed by atoms with Gasteiger partial charge in [0.15, 0.2) is 5.11 Å². The van der Waals surface area contributed by atoms with Gasteiger partial charge in [-0.05, 0) is 94.0 Å². The van der Waals surface area contributed by atoms with Gasteiger partial charge in [-0.25, -0.2) is 0 Å². The molecule has 31 heavy (non-hydrogen) atoms. The fourth-order valence-electron chi connectivity index (χ4n) is 5.17. The zero-order valence-electron chi connectivity index (χ0n) is 19.0. The van der Waals surface area contributed by atoms with Crippen LogP contribution in [-0.2, 0) is 0 Å². The fraction of sp³-hybridized carbons (Fsp3) is 0.520. The van der Waals surface area contributed by atoms with Gasteiger partial charge in [0.05, 0.1) is 18.7 Å². The number of pyridine rings is 1. The summed E-state index contributed by atoms with van der Waals surface area (Å²) in [6, 6.07) is 8.65. The number of benzene rings is 1. The van der Waals surface area contributed by atoms with Gasteiger partial charge in [-0.15, -0.1) is 6.58 Å². The Labute approximate surface area is 191 Å². The predicted molar refractivity (Wildman–Crippen MR) is 131 cm³/mol. The van der Waals surface area contributed by atoms with E-state index in [-0.39, 0.29) is 11.6 Å². The van der Waals surface area contributed by atoms with Crippen molar-refractivity contribution in [3.8, 4) is 5.75 Å². The number of methoxy groups -OCH3 is 1. The van der Waals surface area contributed by atoms with Crippen LogP contribution in [0.1, 0.15) is 45.2 Å². The molecule has 166 valence electrons.